The van der Waals surface area contributed by atoms with Crippen LogP contribution in [0.5, 0.6) is 0 Å². The first-order valence-corrected chi connectivity index (χ1v) is 11.4. The number of nitrogens with zero attached hydrogens (tertiary/aromatic N) is 1. The largest absolute Gasteiger partial charge is 0.284 e. The molecular formula is C27H30BrN3. The Bertz CT molecular complexity index is 1070. The summed E-state index contributed by atoms with van der Waals surface area (Å²) in [6.07, 6.45) is 0. The first kappa shape index (κ1) is 23.0. The number of hydrogen-bond acceptors (Lipinski definition) is 2. The van der Waals surface area contributed by atoms with Crippen molar-refractivity contribution in [1.82, 2.24) is 0 Å². The maximum Gasteiger partial charge on any atom is 0.138 e. The van der Waals surface area contributed by atoms with Crippen molar-refractivity contribution >= 4 is 33.3 Å². The number of hydrogen-bond donors (Lipinski definition) is 2. The molecule has 4 heteroatoms. The molecule has 0 saturated carbocycles. The Kier molecular flexibility index (Phi) is 7.11. The van der Waals surface area contributed by atoms with Crippen LogP contribution in [0.1, 0.15) is 67.3 Å². The lowest BCUT2D eigenvalue weighted by Gasteiger charge is -2.32. The van der Waals surface area contributed by atoms with E-state index in [9.17, 15) is 10.8 Å². The van der Waals surface area contributed by atoms with Crippen LogP contribution in [0, 0.1) is 17.7 Å². The van der Waals surface area contributed by atoms with E-state index >= 15 is 0 Å². The van der Waals surface area contributed by atoms with E-state index in [4.69, 9.17) is 0 Å². The highest BCUT2D eigenvalue weighted by atomic mass is 79.9. The normalized spacial score (nSPS) is 11.1. The van der Waals surface area contributed by atoms with Crippen LogP contribution < -0.4 is 4.90 Å². The maximum atomic E-state index is 9.28. The molecule has 3 aromatic carbocycles. The van der Waals surface area contributed by atoms with Crippen LogP contribution in [0.15, 0.2) is 71.2 Å². The lowest BCUT2D eigenvalue weighted by molar-refractivity contribution is 0.833. The lowest BCUT2D eigenvalue weighted by Crippen LogP contribution is -2.39. The first-order valence-electron chi connectivity index (χ1n) is 10.6. The van der Waals surface area contributed by atoms with Gasteiger partial charge < -0.3 is 0 Å². The molecule has 0 bridgehead atoms. The van der Waals surface area contributed by atoms with Gasteiger partial charge in [0.05, 0.1) is 5.69 Å². The fraction of sp³-hybridized carbons (Fsp3) is 0.259. The molecule has 0 saturated heterocycles. The van der Waals surface area contributed by atoms with Gasteiger partial charge >= 0.3 is 0 Å². The Balaban J connectivity index is 2.31. The highest BCUT2D eigenvalue weighted by Crippen LogP contribution is 2.37. The molecule has 0 spiro atoms. The predicted octanol–water partition coefficient (Wildman–Crippen LogP) is 7.86. The van der Waals surface area contributed by atoms with Crippen LogP contribution >= 0.6 is 15.9 Å². The molecule has 0 aliphatic rings. The number of rotatable bonds is 5. The summed E-state index contributed by atoms with van der Waals surface area (Å²) in [5.74, 6) is 1.13. The van der Waals surface area contributed by atoms with E-state index in [2.05, 4.69) is 61.8 Å². The van der Waals surface area contributed by atoms with Crippen LogP contribution in [0.4, 0.5) is 5.69 Å². The third-order valence-electron chi connectivity index (χ3n) is 5.52. The van der Waals surface area contributed by atoms with Crippen molar-refractivity contribution in [1.29, 1.82) is 10.8 Å². The van der Waals surface area contributed by atoms with Crippen LogP contribution in [0.3, 0.4) is 0 Å². The summed E-state index contributed by atoms with van der Waals surface area (Å²) in [4.78, 5) is 1.83. The van der Waals surface area contributed by atoms with E-state index in [0.29, 0.717) is 11.7 Å². The number of benzene rings is 3. The van der Waals surface area contributed by atoms with Gasteiger partial charge in [-0.1, -0.05) is 98.2 Å². The molecule has 0 heterocycles. The molecule has 0 radical (unpaired) electrons. The Labute approximate surface area is 194 Å². The molecule has 0 aromatic heterocycles. The summed E-state index contributed by atoms with van der Waals surface area (Å²) in [5, 5.41) is 18.5. The molecular weight excluding hydrogens is 446 g/mol. The molecule has 0 amide bonds. The van der Waals surface area contributed by atoms with Crippen LogP contribution in [-0.4, -0.2) is 11.7 Å². The fourth-order valence-electron chi connectivity index (χ4n) is 3.80. The van der Waals surface area contributed by atoms with Crippen molar-refractivity contribution in [2.24, 2.45) is 0 Å². The highest BCUT2D eigenvalue weighted by molar-refractivity contribution is 9.10. The summed E-state index contributed by atoms with van der Waals surface area (Å²) < 4.78 is 0.922. The topological polar surface area (TPSA) is 50.9 Å². The molecule has 3 aromatic rings. The number of nitrogens with one attached hydrogen (secondary N) is 2. The van der Waals surface area contributed by atoms with Crippen molar-refractivity contribution in [2.75, 3.05) is 4.90 Å². The van der Waals surface area contributed by atoms with Crippen LogP contribution in [-0.2, 0) is 0 Å². The fourth-order valence-corrected chi connectivity index (χ4v) is 4.16. The van der Waals surface area contributed by atoms with Gasteiger partial charge in [-0.2, -0.15) is 0 Å². The maximum absolute atomic E-state index is 9.28. The van der Waals surface area contributed by atoms with E-state index in [1.165, 1.54) is 0 Å². The zero-order chi connectivity index (χ0) is 22.7. The van der Waals surface area contributed by atoms with E-state index in [1.807, 2.05) is 60.4 Å². The van der Waals surface area contributed by atoms with E-state index in [-0.39, 0.29) is 11.8 Å². The van der Waals surface area contributed by atoms with Gasteiger partial charge in [0.25, 0.3) is 0 Å². The van der Waals surface area contributed by atoms with E-state index in [0.717, 1.165) is 38.0 Å². The molecule has 3 rings (SSSR count). The van der Waals surface area contributed by atoms with Gasteiger partial charge in [-0.3, -0.25) is 15.7 Å². The number of amidine groups is 2. The molecule has 0 aliphatic heterocycles. The number of para-hydroxylation sites is 1. The average Bonchev–Trinajstić information content (AvgIpc) is 2.75. The smallest absolute Gasteiger partial charge is 0.138 e. The van der Waals surface area contributed by atoms with Gasteiger partial charge in [-0.05, 0) is 47.6 Å². The third-order valence-corrected chi connectivity index (χ3v) is 6.01. The molecule has 2 N–H and O–H groups in total. The zero-order valence-electron chi connectivity index (χ0n) is 18.8. The minimum atomic E-state index is 0.260. The number of aryl methyl sites for hydroxylation is 1. The summed E-state index contributed by atoms with van der Waals surface area (Å²) >= 11 is 3.56. The Morgan fingerprint density at radius 3 is 1.90 bits per heavy atom. The van der Waals surface area contributed by atoms with Gasteiger partial charge in [-0.15, -0.1) is 0 Å². The van der Waals surface area contributed by atoms with Crippen molar-refractivity contribution < 1.29 is 0 Å². The summed E-state index contributed by atoms with van der Waals surface area (Å²) in [7, 11) is 0. The number of halogens is 1. The second-order valence-electron chi connectivity index (χ2n) is 8.45. The highest BCUT2D eigenvalue weighted by Gasteiger charge is 2.27. The SMILES string of the molecule is Cc1ccc(Br)cc1C(=N)N(C(=N)c1ccccc1)c1c(C(C)C)cccc1C(C)C. The van der Waals surface area contributed by atoms with Gasteiger partial charge in [0.15, 0.2) is 0 Å². The monoisotopic (exact) mass is 475 g/mol. The Hall–Kier alpha value is -2.72. The van der Waals surface area contributed by atoms with Gasteiger partial charge in [0.2, 0.25) is 0 Å². The average molecular weight is 476 g/mol. The Morgan fingerprint density at radius 2 is 1.35 bits per heavy atom. The van der Waals surface area contributed by atoms with Crippen LogP contribution in [0.25, 0.3) is 0 Å². The number of anilines is 1. The summed E-state index contributed by atoms with van der Waals surface area (Å²) in [6, 6.07) is 22.0. The van der Waals surface area contributed by atoms with Gasteiger partial charge in [0.1, 0.15) is 11.7 Å². The quantitative estimate of drug-likeness (QED) is 0.286. The molecule has 3 nitrogen and oxygen atoms in total. The molecule has 0 atom stereocenters. The Morgan fingerprint density at radius 1 is 0.774 bits per heavy atom. The third kappa shape index (κ3) is 4.80. The minimum Gasteiger partial charge on any atom is -0.284 e. The standard InChI is InChI=1S/C27H30BrN3/c1-17(2)22-12-9-13-23(18(3)4)25(22)31(26(29)20-10-7-6-8-11-20)27(30)24-16-21(28)15-14-19(24)5/h6-18,29-30H,1-5H3. The minimum absolute atomic E-state index is 0.260. The predicted molar refractivity (Wildman–Crippen MR) is 136 cm³/mol. The molecule has 31 heavy (non-hydrogen) atoms. The van der Waals surface area contributed by atoms with E-state index < -0.39 is 0 Å². The molecule has 0 aliphatic carbocycles. The van der Waals surface area contributed by atoms with Crippen molar-refractivity contribution in [3.8, 4) is 0 Å². The second kappa shape index (κ2) is 9.61. The first-order chi connectivity index (χ1) is 14.7. The lowest BCUT2D eigenvalue weighted by atomic mass is 9.91. The van der Waals surface area contributed by atoms with Gasteiger partial charge in [-0.25, -0.2) is 0 Å². The van der Waals surface area contributed by atoms with Crippen LogP contribution in [0.2, 0.25) is 0 Å². The van der Waals surface area contributed by atoms with Gasteiger partial charge in [0, 0.05) is 15.6 Å². The van der Waals surface area contributed by atoms with E-state index in [1.54, 1.807) is 0 Å². The summed E-state index contributed by atoms with van der Waals surface area (Å²) in [6.45, 7) is 10.7. The molecule has 0 fully saturated rings. The zero-order valence-corrected chi connectivity index (χ0v) is 20.4. The molecule has 0 unspecified atom stereocenters. The van der Waals surface area contributed by atoms with Crippen molar-refractivity contribution in [2.45, 2.75) is 46.5 Å². The molecule has 160 valence electrons. The second-order valence-corrected chi connectivity index (χ2v) is 9.37. The summed E-state index contributed by atoms with van der Waals surface area (Å²) in [5.41, 5.74) is 5.84. The van der Waals surface area contributed by atoms with Crippen molar-refractivity contribution in [3.05, 3.63) is 99.0 Å². The van der Waals surface area contributed by atoms with Crippen molar-refractivity contribution in [3.63, 3.8) is 0 Å².